The monoisotopic (exact) mass is 220 g/mol. The second-order valence-electron chi connectivity index (χ2n) is 4.84. The summed E-state index contributed by atoms with van der Waals surface area (Å²) in [5.74, 6) is 1.21. The normalized spacial score (nSPS) is 25.0. The Hall–Kier alpha value is -1.02. The summed E-state index contributed by atoms with van der Waals surface area (Å²) >= 11 is 0. The molecule has 1 aromatic carbocycles. The van der Waals surface area contributed by atoms with Crippen molar-refractivity contribution < 1.29 is 9.84 Å². The van der Waals surface area contributed by atoms with Crippen LogP contribution >= 0.6 is 0 Å². The van der Waals surface area contributed by atoms with Crippen molar-refractivity contribution in [2.45, 2.75) is 51.2 Å². The summed E-state index contributed by atoms with van der Waals surface area (Å²) in [5, 5.41) is 9.87. The van der Waals surface area contributed by atoms with E-state index >= 15 is 0 Å². The average molecular weight is 220 g/mol. The Balaban J connectivity index is 2.15. The first-order valence-corrected chi connectivity index (χ1v) is 6.11. The molecule has 0 bridgehead atoms. The Kier molecular flexibility index (Phi) is 3.49. The van der Waals surface area contributed by atoms with Crippen LogP contribution in [0.5, 0.6) is 5.75 Å². The molecule has 2 rings (SSSR count). The highest BCUT2D eigenvalue weighted by Crippen LogP contribution is 2.35. The predicted octanol–water partition coefficient (Wildman–Crippen LogP) is 3.10. The van der Waals surface area contributed by atoms with Gasteiger partial charge >= 0.3 is 0 Å². The first-order valence-electron chi connectivity index (χ1n) is 6.11. The summed E-state index contributed by atoms with van der Waals surface area (Å²) in [5.41, 5.74) is 1.21. The van der Waals surface area contributed by atoms with Gasteiger partial charge in [-0.05, 0) is 44.4 Å². The molecule has 16 heavy (non-hydrogen) atoms. The number of rotatable bonds is 3. The SMILES string of the molecule is CC(C)Oc1cccc([C@H]2CCC[C@H]2O)c1. The van der Waals surface area contributed by atoms with E-state index in [9.17, 15) is 5.11 Å². The maximum Gasteiger partial charge on any atom is 0.119 e. The summed E-state index contributed by atoms with van der Waals surface area (Å²) < 4.78 is 5.67. The molecule has 2 atom stereocenters. The van der Waals surface area contributed by atoms with Crippen LogP contribution < -0.4 is 4.74 Å². The van der Waals surface area contributed by atoms with Crippen molar-refractivity contribution >= 4 is 0 Å². The molecule has 0 amide bonds. The minimum Gasteiger partial charge on any atom is -0.491 e. The van der Waals surface area contributed by atoms with Crippen molar-refractivity contribution in [3.63, 3.8) is 0 Å². The highest BCUT2D eigenvalue weighted by Gasteiger charge is 2.26. The Labute approximate surface area is 97.3 Å². The largest absolute Gasteiger partial charge is 0.491 e. The van der Waals surface area contributed by atoms with E-state index in [-0.39, 0.29) is 12.2 Å². The van der Waals surface area contributed by atoms with Crippen LogP contribution in [0.15, 0.2) is 24.3 Å². The molecule has 1 aliphatic carbocycles. The van der Waals surface area contributed by atoms with Crippen LogP contribution in [0.1, 0.15) is 44.6 Å². The Morgan fingerprint density at radius 2 is 2.12 bits per heavy atom. The van der Waals surface area contributed by atoms with Crippen LogP contribution in [-0.4, -0.2) is 17.3 Å². The lowest BCUT2D eigenvalue weighted by Crippen LogP contribution is -2.11. The number of aliphatic hydroxyl groups is 1. The molecule has 88 valence electrons. The lowest BCUT2D eigenvalue weighted by molar-refractivity contribution is 0.163. The summed E-state index contributed by atoms with van der Waals surface area (Å²) in [6, 6.07) is 8.15. The highest BCUT2D eigenvalue weighted by molar-refractivity contribution is 5.32. The van der Waals surface area contributed by atoms with E-state index in [0.29, 0.717) is 5.92 Å². The van der Waals surface area contributed by atoms with Crippen molar-refractivity contribution in [2.75, 3.05) is 0 Å². The smallest absolute Gasteiger partial charge is 0.119 e. The highest BCUT2D eigenvalue weighted by atomic mass is 16.5. The van der Waals surface area contributed by atoms with Crippen molar-refractivity contribution in [1.82, 2.24) is 0 Å². The van der Waals surface area contributed by atoms with Gasteiger partial charge in [-0.2, -0.15) is 0 Å². The van der Waals surface area contributed by atoms with E-state index < -0.39 is 0 Å². The van der Waals surface area contributed by atoms with E-state index in [1.807, 2.05) is 26.0 Å². The number of ether oxygens (including phenoxy) is 1. The zero-order valence-electron chi connectivity index (χ0n) is 10.0. The molecule has 0 saturated heterocycles. The summed E-state index contributed by atoms with van der Waals surface area (Å²) in [7, 11) is 0. The van der Waals surface area contributed by atoms with Gasteiger partial charge in [0.15, 0.2) is 0 Å². The van der Waals surface area contributed by atoms with E-state index in [1.165, 1.54) is 5.56 Å². The van der Waals surface area contributed by atoms with E-state index in [1.54, 1.807) is 0 Å². The molecule has 0 heterocycles. The maximum absolute atomic E-state index is 9.87. The Morgan fingerprint density at radius 3 is 2.75 bits per heavy atom. The number of hydrogen-bond donors (Lipinski definition) is 1. The third-order valence-corrected chi connectivity index (χ3v) is 3.14. The number of aliphatic hydroxyl groups excluding tert-OH is 1. The Bertz CT molecular complexity index is 346. The van der Waals surface area contributed by atoms with Crippen LogP contribution in [-0.2, 0) is 0 Å². The second-order valence-corrected chi connectivity index (χ2v) is 4.84. The zero-order valence-corrected chi connectivity index (χ0v) is 10.0. The minimum atomic E-state index is -0.172. The second kappa shape index (κ2) is 4.88. The molecule has 1 N–H and O–H groups in total. The molecule has 2 heteroatoms. The van der Waals surface area contributed by atoms with Crippen molar-refractivity contribution in [3.8, 4) is 5.75 Å². The molecule has 0 aliphatic heterocycles. The van der Waals surface area contributed by atoms with Crippen LogP contribution in [0, 0.1) is 0 Å². The van der Waals surface area contributed by atoms with Gasteiger partial charge in [-0.15, -0.1) is 0 Å². The molecule has 2 nitrogen and oxygen atoms in total. The molecule has 1 saturated carbocycles. The van der Waals surface area contributed by atoms with E-state index in [0.717, 1.165) is 25.0 Å². The molecular formula is C14H20O2. The molecule has 1 aromatic rings. The molecule has 0 spiro atoms. The van der Waals surface area contributed by atoms with Gasteiger partial charge in [0.05, 0.1) is 12.2 Å². The van der Waals surface area contributed by atoms with Crippen molar-refractivity contribution in [1.29, 1.82) is 0 Å². The summed E-state index contributed by atoms with van der Waals surface area (Å²) in [6.07, 6.45) is 3.17. The minimum absolute atomic E-state index is 0.172. The first kappa shape index (κ1) is 11.5. The quantitative estimate of drug-likeness (QED) is 0.848. The zero-order chi connectivity index (χ0) is 11.5. The van der Waals surface area contributed by atoms with Gasteiger partial charge in [0.1, 0.15) is 5.75 Å². The lowest BCUT2D eigenvalue weighted by Gasteiger charge is -2.17. The third kappa shape index (κ3) is 2.56. The molecular weight excluding hydrogens is 200 g/mol. The fourth-order valence-electron chi connectivity index (χ4n) is 2.42. The van der Waals surface area contributed by atoms with Gasteiger partial charge < -0.3 is 9.84 Å². The van der Waals surface area contributed by atoms with Crippen LogP contribution in [0.25, 0.3) is 0 Å². The van der Waals surface area contributed by atoms with Crippen molar-refractivity contribution in [3.05, 3.63) is 29.8 Å². The lowest BCUT2D eigenvalue weighted by atomic mass is 9.96. The van der Waals surface area contributed by atoms with Gasteiger partial charge in [-0.3, -0.25) is 0 Å². The third-order valence-electron chi connectivity index (χ3n) is 3.14. The van der Waals surface area contributed by atoms with Crippen molar-refractivity contribution in [2.24, 2.45) is 0 Å². The van der Waals surface area contributed by atoms with Gasteiger partial charge in [0.2, 0.25) is 0 Å². The standard InChI is InChI=1S/C14H20O2/c1-10(2)16-12-6-3-5-11(9-12)13-7-4-8-14(13)15/h3,5-6,9-10,13-15H,4,7-8H2,1-2H3/t13-,14-/m1/s1. The fraction of sp³-hybridized carbons (Fsp3) is 0.571. The van der Waals surface area contributed by atoms with E-state index in [4.69, 9.17) is 4.74 Å². The van der Waals surface area contributed by atoms with Crippen LogP contribution in [0.2, 0.25) is 0 Å². The maximum atomic E-state index is 9.87. The van der Waals surface area contributed by atoms with Gasteiger partial charge in [0, 0.05) is 5.92 Å². The fourth-order valence-corrected chi connectivity index (χ4v) is 2.42. The van der Waals surface area contributed by atoms with Crippen LogP contribution in [0.3, 0.4) is 0 Å². The first-order chi connectivity index (χ1) is 7.66. The number of hydrogen-bond acceptors (Lipinski definition) is 2. The topological polar surface area (TPSA) is 29.5 Å². The van der Waals surface area contributed by atoms with Gasteiger partial charge in [-0.25, -0.2) is 0 Å². The molecule has 0 radical (unpaired) electrons. The van der Waals surface area contributed by atoms with Crippen LogP contribution in [0.4, 0.5) is 0 Å². The number of benzene rings is 1. The molecule has 0 aromatic heterocycles. The summed E-state index contributed by atoms with van der Waals surface area (Å²) in [6.45, 7) is 4.05. The molecule has 1 fully saturated rings. The predicted molar refractivity (Wildman–Crippen MR) is 64.8 cm³/mol. The van der Waals surface area contributed by atoms with E-state index in [2.05, 4.69) is 12.1 Å². The van der Waals surface area contributed by atoms with Gasteiger partial charge in [0.25, 0.3) is 0 Å². The Morgan fingerprint density at radius 1 is 1.31 bits per heavy atom. The average Bonchev–Trinajstić information content (AvgIpc) is 2.64. The molecule has 1 aliphatic rings. The van der Waals surface area contributed by atoms with Gasteiger partial charge in [-0.1, -0.05) is 18.6 Å². The summed E-state index contributed by atoms with van der Waals surface area (Å²) in [4.78, 5) is 0. The molecule has 0 unspecified atom stereocenters.